The van der Waals surface area contributed by atoms with E-state index in [1.807, 2.05) is 45.0 Å². The molecular formula is C24H30BrClN2O4. The van der Waals surface area contributed by atoms with Crippen LogP contribution in [0.3, 0.4) is 0 Å². The van der Waals surface area contributed by atoms with Gasteiger partial charge in [0, 0.05) is 18.1 Å². The Kier molecular flexibility index (Phi) is 10.3. The fourth-order valence-corrected chi connectivity index (χ4v) is 3.88. The number of carbonyl (C=O) groups excluding carboxylic acids is 2. The number of ether oxygens (including phenoxy) is 2. The van der Waals surface area contributed by atoms with E-state index in [9.17, 15) is 9.59 Å². The minimum absolute atomic E-state index is 0.171. The van der Waals surface area contributed by atoms with Crippen molar-refractivity contribution in [3.8, 4) is 11.5 Å². The number of amides is 2. The molecule has 0 fully saturated rings. The van der Waals surface area contributed by atoms with Crippen LogP contribution in [0.2, 0.25) is 5.02 Å². The third-order valence-corrected chi connectivity index (χ3v) is 5.68. The van der Waals surface area contributed by atoms with E-state index in [2.05, 4.69) is 21.2 Å². The Bertz CT molecular complexity index is 905. The highest BCUT2D eigenvalue weighted by molar-refractivity contribution is 9.10. The number of benzene rings is 2. The summed E-state index contributed by atoms with van der Waals surface area (Å²) in [5.74, 6) is 1.09. The molecule has 1 atom stereocenters. The zero-order valence-corrected chi connectivity index (χ0v) is 21.2. The lowest BCUT2D eigenvalue weighted by molar-refractivity contribution is -0.143. The Morgan fingerprint density at radius 1 is 1.16 bits per heavy atom. The van der Waals surface area contributed by atoms with E-state index in [1.54, 1.807) is 30.2 Å². The van der Waals surface area contributed by atoms with Crippen molar-refractivity contribution < 1.29 is 19.1 Å². The zero-order valence-electron chi connectivity index (χ0n) is 18.9. The molecule has 6 nitrogen and oxygen atoms in total. The first-order valence-electron chi connectivity index (χ1n) is 10.5. The van der Waals surface area contributed by atoms with Gasteiger partial charge in [-0.05, 0) is 64.2 Å². The number of rotatable bonds is 11. The average Bonchev–Trinajstić information content (AvgIpc) is 2.77. The van der Waals surface area contributed by atoms with E-state index in [0.29, 0.717) is 34.1 Å². The number of halogens is 2. The summed E-state index contributed by atoms with van der Waals surface area (Å²) >= 11 is 9.37. The highest BCUT2D eigenvalue weighted by atomic mass is 79.9. The molecule has 32 heavy (non-hydrogen) atoms. The van der Waals surface area contributed by atoms with Crippen LogP contribution >= 0.6 is 27.5 Å². The van der Waals surface area contributed by atoms with Gasteiger partial charge in [-0.1, -0.05) is 44.5 Å². The van der Waals surface area contributed by atoms with Gasteiger partial charge in [-0.2, -0.15) is 0 Å². The molecule has 2 rings (SSSR count). The minimum Gasteiger partial charge on any atom is -0.497 e. The average molecular weight is 526 g/mol. The molecule has 0 aliphatic heterocycles. The van der Waals surface area contributed by atoms with E-state index < -0.39 is 6.04 Å². The number of nitrogens with zero attached hydrogens (tertiary/aromatic N) is 1. The van der Waals surface area contributed by atoms with Crippen molar-refractivity contribution in [3.63, 3.8) is 0 Å². The van der Waals surface area contributed by atoms with Crippen molar-refractivity contribution in [1.82, 2.24) is 10.2 Å². The molecule has 8 heteroatoms. The Morgan fingerprint density at radius 2 is 1.84 bits per heavy atom. The lowest BCUT2D eigenvalue weighted by Crippen LogP contribution is -2.50. The minimum atomic E-state index is -0.611. The van der Waals surface area contributed by atoms with Crippen molar-refractivity contribution >= 4 is 39.3 Å². The van der Waals surface area contributed by atoms with Crippen LogP contribution in [0.1, 0.15) is 32.8 Å². The van der Waals surface area contributed by atoms with Crippen LogP contribution in [-0.4, -0.2) is 43.0 Å². The second-order valence-electron chi connectivity index (χ2n) is 7.80. The van der Waals surface area contributed by atoms with Crippen LogP contribution in [0.25, 0.3) is 0 Å². The van der Waals surface area contributed by atoms with Gasteiger partial charge in [-0.25, -0.2) is 0 Å². The van der Waals surface area contributed by atoms with Gasteiger partial charge in [0.05, 0.1) is 11.6 Å². The number of methoxy groups -OCH3 is 1. The highest BCUT2D eigenvalue weighted by Crippen LogP contribution is 2.28. The second-order valence-corrected chi connectivity index (χ2v) is 9.09. The molecule has 0 aromatic heterocycles. The summed E-state index contributed by atoms with van der Waals surface area (Å²) in [6.45, 7) is 6.57. The van der Waals surface area contributed by atoms with Gasteiger partial charge in [-0.3, -0.25) is 9.59 Å². The molecular weight excluding hydrogens is 496 g/mol. The predicted octanol–water partition coefficient (Wildman–Crippen LogP) is 5.07. The summed E-state index contributed by atoms with van der Waals surface area (Å²) in [5, 5.41) is 3.51. The molecule has 0 bridgehead atoms. The lowest BCUT2D eigenvalue weighted by atomic mass is 10.1. The van der Waals surface area contributed by atoms with Crippen molar-refractivity contribution in [2.24, 2.45) is 5.92 Å². The topological polar surface area (TPSA) is 67.9 Å². The van der Waals surface area contributed by atoms with Gasteiger partial charge < -0.3 is 19.7 Å². The summed E-state index contributed by atoms with van der Waals surface area (Å²) < 4.78 is 11.6. The van der Waals surface area contributed by atoms with Crippen LogP contribution < -0.4 is 14.8 Å². The molecule has 0 radical (unpaired) electrons. The summed E-state index contributed by atoms with van der Waals surface area (Å²) in [7, 11) is 1.60. The molecule has 2 aromatic rings. The molecule has 2 amide bonds. The fraction of sp³-hybridized carbons (Fsp3) is 0.417. The SMILES string of the molecule is CC[C@H](C(=O)NCC(C)C)N(Cc1ccc(OC)cc1)C(=O)COc1ccc(Cl)cc1Br. The van der Waals surface area contributed by atoms with Crippen molar-refractivity contribution in [2.45, 2.75) is 39.8 Å². The molecule has 0 aliphatic rings. The monoisotopic (exact) mass is 524 g/mol. The van der Waals surface area contributed by atoms with E-state index in [0.717, 1.165) is 11.3 Å². The fourth-order valence-electron chi connectivity index (χ4n) is 3.08. The van der Waals surface area contributed by atoms with Crippen LogP contribution in [0.15, 0.2) is 46.9 Å². The number of carbonyl (C=O) groups is 2. The Balaban J connectivity index is 2.21. The molecule has 0 heterocycles. The summed E-state index contributed by atoms with van der Waals surface area (Å²) in [6.07, 6.45) is 0.483. The number of nitrogens with one attached hydrogen (secondary N) is 1. The van der Waals surface area contributed by atoms with E-state index in [1.165, 1.54) is 0 Å². The van der Waals surface area contributed by atoms with Crippen molar-refractivity contribution in [2.75, 3.05) is 20.3 Å². The maximum Gasteiger partial charge on any atom is 0.261 e. The third kappa shape index (κ3) is 7.71. The first-order chi connectivity index (χ1) is 15.2. The molecule has 2 aromatic carbocycles. The zero-order chi connectivity index (χ0) is 23.7. The van der Waals surface area contributed by atoms with Gasteiger partial charge in [0.25, 0.3) is 5.91 Å². The van der Waals surface area contributed by atoms with E-state index >= 15 is 0 Å². The third-order valence-electron chi connectivity index (χ3n) is 4.83. The van der Waals surface area contributed by atoms with Crippen LogP contribution in [0, 0.1) is 5.92 Å². The summed E-state index contributed by atoms with van der Waals surface area (Å²) in [5.41, 5.74) is 0.891. The first kappa shape index (κ1) is 26.0. The normalized spacial score (nSPS) is 11.7. The molecule has 0 saturated carbocycles. The molecule has 1 N–H and O–H groups in total. The van der Waals surface area contributed by atoms with Crippen LogP contribution in [0.4, 0.5) is 0 Å². The smallest absolute Gasteiger partial charge is 0.261 e. The molecule has 0 aliphatic carbocycles. The molecule has 0 unspecified atom stereocenters. The van der Waals surface area contributed by atoms with E-state index in [4.69, 9.17) is 21.1 Å². The lowest BCUT2D eigenvalue weighted by Gasteiger charge is -2.31. The van der Waals surface area contributed by atoms with Gasteiger partial charge in [0.15, 0.2) is 6.61 Å². The largest absolute Gasteiger partial charge is 0.497 e. The van der Waals surface area contributed by atoms with Crippen LogP contribution in [0.5, 0.6) is 11.5 Å². The first-order valence-corrected chi connectivity index (χ1v) is 11.7. The van der Waals surface area contributed by atoms with Gasteiger partial charge in [0.2, 0.25) is 5.91 Å². The van der Waals surface area contributed by atoms with E-state index in [-0.39, 0.29) is 25.0 Å². The second kappa shape index (κ2) is 12.7. The maximum atomic E-state index is 13.2. The number of hydrogen-bond acceptors (Lipinski definition) is 4. The predicted molar refractivity (Wildman–Crippen MR) is 130 cm³/mol. The maximum absolute atomic E-state index is 13.2. The quantitative estimate of drug-likeness (QED) is 0.445. The molecule has 174 valence electrons. The van der Waals surface area contributed by atoms with Gasteiger partial charge >= 0.3 is 0 Å². The Morgan fingerprint density at radius 3 is 2.41 bits per heavy atom. The van der Waals surface area contributed by atoms with Crippen LogP contribution in [-0.2, 0) is 16.1 Å². The molecule has 0 saturated heterocycles. The Labute approximate surface area is 203 Å². The molecule has 0 spiro atoms. The highest BCUT2D eigenvalue weighted by Gasteiger charge is 2.29. The summed E-state index contributed by atoms with van der Waals surface area (Å²) in [4.78, 5) is 27.7. The van der Waals surface area contributed by atoms with Crippen molar-refractivity contribution in [3.05, 3.63) is 57.5 Å². The van der Waals surface area contributed by atoms with Gasteiger partial charge in [0.1, 0.15) is 17.5 Å². The summed E-state index contributed by atoms with van der Waals surface area (Å²) in [6, 6.07) is 11.9. The standard InChI is InChI=1S/C24H30BrClN2O4/c1-5-21(24(30)27-13-16(2)3)28(14-17-6-9-19(31-4)10-7-17)23(29)15-32-22-11-8-18(26)12-20(22)25/h6-12,16,21H,5,13-15H2,1-4H3,(H,27,30)/t21-/m1/s1. The number of hydrogen-bond donors (Lipinski definition) is 1. The Hall–Kier alpha value is -2.25. The van der Waals surface area contributed by atoms with Gasteiger partial charge in [-0.15, -0.1) is 0 Å². The van der Waals surface area contributed by atoms with Crippen molar-refractivity contribution in [1.29, 1.82) is 0 Å².